The summed E-state index contributed by atoms with van der Waals surface area (Å²) in [7, 11) is 5.32. The molecule has 2 aromatic rings. The number of likely N-dealkylation sites (tertiary alicyclic amines) is 1. The van der Waals surface area contributed by atoms with E-state index in [4.69, 9.17) is 0 Å². The molecule has 2 aliphatic heterocycles. The zero-order valence-corrected chi connectivity index (χ0v) is 15.8. The molecule has 0 radical (unpaired) electrons. The average Bonchev–Trinajstić information content (AvgIpc) is 3.10. The Morgan fingerprint density at radius 3 is 2.62 bits per heavy atom. The number of aliphatic hydroxyl groups excluding tert-OH is 1. The van der Waals surface area contributed by atoms with Crippen molar-refractivity contribution >= 4 is 33.2 Å². The normalized spacial score (nSPS) is 22.0. The van der Waals surface area contributed by atoms with E-state index in [0.717, 1.165) is 10.1 Å². The van der Waals surface area contributed by atoms with Gasteiger partial charge in [-0.2, -0.15) is 0 Å². The second-order valence-electron chi connectivity index (χ2n) is 7.23. The fourth-order valence-corrected chi connectivity index (χ4v) is 4.89. The van der Waals surface area contributed by atoms with Crippen molar-refractivity contribution in [2.24, 2.45) is 0 Å². The molecule has 1 unspecified atom stereocenters. The number of thiophene rings is 1. The van der Waals surface area contributed by atoms with Crippen molar-refractivity contribution in [3.05, 3.63) is 34.7 Å². The molecule has 1 aromatic heterocycles. The van der Waals surface area contributed by atoms with E-state index in [1.807, 2.05) is 36.2 Å². The summed E-state index contributed by atoms with van der Waals surface area (Å²) in [4.78, 5) is 31.6. The largest absolute Gasteiger partial charge is 0.376 e. The lowest BCUT2D eigenvalue weighted by molar-refractivity contribution is -0.0657. The minimum absolute atomic E-state index is 0.144. The van der Waals surface area contributed by atoms with Crippen LogP contribution in [0.5, 0.6) is 0 Å². The van der Waals surface area contributed by atoms with Crippen molar-refractivity contribution in [1.29, 1.82) is 0 Å². The first-order valence-corrected chi connectivity index (χ1v) is 9.32. The van der Waals surface area contributed by atoms with Gasteiger partial charge in [0.1, 0.15) is 11.1 Å². The minimum Gasteiger partial charge on any atom is -0.376 e. The van der Waals surface area contributed by atoms with Gasteiger partial charge >= 0.3 is 0 Å². The zero-order valence-electron chi connectivity index (χ0n) is 15.0. The summed E-state index contributed by atoms with van der Waals surface area (Å²) in [6.07, 6.45) is -0.651. The highest BCUT2D eigenvalue weighted by Crippen LogP contribution is 2.37. The van der Waals surface area contributed by atoms with Gasteiger partial charge in [0, 0.05) is 37.3 Å². The Morgan fingerprint density at radius 1 is 1.31 bits per heavy atom. The number of hydrogen-bond acceptors (Lipinski definition) is 6. The SMILES string of the molecule is CN(C)C(=O)c1c(C(=O)N2CC3(C2)C(O)NCN3C)sc2ccccc12. The summed E-state index contributed by atoms with van der Waals surface area (Å²) in [5, 5.41) is 14.0. The van der Waals surface area contributed by atoms with E-state index in [1.165, 1.54) is 16.2 Å². The van der Waals surface area contributed by atoms with Gasteiger partial charge in [0.15, 0.2) is 0 Å². The third-order valence-electron chi connectivity index (χ3n) is 5.42. The molecule has 2 saturated heterocycles. The Morgan fingerprint density at radius 2 is 2.00 bits per heavy atom. The molecular formula is C18H22N4O3S. The van der Waals surface area contributed by atoms with Gasteiger partial charge in [0.25, 0.3) is 11.8 Å². The molecule has 0 saturated carbocycles. The van der Waals surface area contributed by atoms with Crippen LogP contribution in [0.4, 0.5) is 0 Å². The van der Waals surface area contributed by atoms with Gasteiger partial charge in [-0.05, 0) is 13.1 Å². The van der Waals surface area contributed by atoms with Crippen molar-refractivity contribution in [1.82, 2.24) is 20.0 Å². The number of carbonyl (C=O) groups is 2. The van der Waals surface area contributed by atoms with Crippen LogP contribution in [0.15, 0.2) is 24.3 Å². The number of amides is 2. The highest BCUT2D eigenvalue weighted by Gasteiger charge is 2.56. The number of fused-ring (bicyclic) bond motifs is 1. The topological polar surface area (TPSA) is 76.1 Å². The summed E-state index contributed by atoms with van der Waals surface area (Å²) in [6.45, 7) is 1.48. The Kier molecular flexibility index (Phi) is 4.03. The molecule has 8 heteroatoms. The van der Waals surface area contributed by atoms with Crippen LogP contribution in [-0.2, 0) is 0 Å². The van der Waals surface area contributed by atoms with E-state index in [2.05, 4.69) is 5.32 Å². The third-order valence-corrected chi connectivity index (χ3v) is 6.58. The number of likely N-dealkylation sites (N-methyl/N-ethyl adjacent to an activating group) is 1. The predicted molar refractivity (Wildman–Crippen MR) is 100 cm³/mol. The Labute approximate surface area is 155 Å². The van der Waals surface area contributed by atoms with E-state index in [9.17, 15) is 14.7 Å². The fraction of sp³-hybridized carbons (Fsp3) is 0.444. The van der Waals surface area contributed by atoms with Gasteiger partial charge in [0.2, 0.25) is 0 Å². The van der Waals surface area contributed by atoms with E-state index >= 15 is 0 Å². The lowest BCUT2D eigenvalue weighted by Crippen LogP contribution is -2.72. The number of hydrogen-bond donors (Lipinski definition) is 2. The molecule has 4 rings (SSSR count). The monoisotopic (exact) mass is 374 g/mol. The van der Waals surface area contributed by atoms with Gasteiger partial charge < -0.3 is 14.9 Å². The van der Waals surface area contributed by atoms with Crippen LogP contribution in [0.25, 0.3) is 10.1 Å². The second-order valence-corrected chi connectivity index (χ2v) is 8.28. The summed E-state index contributed by atoms with van der Waals surface area (Å²) in [5.74, 6) is -0.310. The maximum atomic E-state index is 13.1. The van der Waals surface area contributed by atoms with E-state index < -0.39 is 11.8 Å². The van der Waals surface area contributed by atoms with E-state index in [-0.39, 0.29) is 11.8 Å². The van der Waals surface area contributed by atoms with Crippen LogP contribution in [-0.4, -0.2) is 84.3 Å². The maximum Gasteiger partial charge on any atom is 0.264 e. The van der Waals surface area contributed by atoms with Crippen LogP contribution in [0, 0.1) is 0 Å². The van der Waals surface area contributed by atoms with Gasteiger partial charge in [0.05, 0.1) is 17.8 Å². The number of aliphatic hydroxyl groups is 1. The molecule has 26 heavy (non-hydrogen) atoms. The molecule has 2 amide bonds. The number of nitrogens with zero attached hydrogens (tertiary/aromatic N) is 3. The van der Waals surface area contributed by atoms with Crippen LogP contribution in [0.2, 0.25) is 0 Å². The maximum absolute atomic E-state index is 13.1. The van der Waals surface area contributed by atoms with Crippen molar-refractivity contribution in [2.45, 2.75) is 11.8 Å². The fourth-order valence-electron chi connectivity index (χ4n) is 3.73. The molecule has 2 N–H and O–H groups in total. The summed E-state index contributed by atoms with van der Waals surface area (Å²) < 4.78 is 0.927. The van der Waals surface area contributed by atoms with Crippen LogP contribution in [0.1, 0.15) is 20.0 Å². The summed E-state index contributed by atoms with van der Waals surface area (Å²) in [5.41, 5.74) is 0.0397. The molecule has 1 atom stereocenters. The van der Waals surface area contributed by atoms with Gasteiger partial charge in [-0.3, -0.25) is 19.8 Å². The number of benzene rings is 1. The van der Waals surface area contributed by atoms with Gasteiger partial charge in [-0.15, -0.1) is 11.3 Å². The van der Waals surface area contributed by atoms with Crippen molar-refractivity contribution in [3.8, 4) is 0 Å². The van der Waals surface area contributed by atoms with Crippen LogP contribution in [0.3, 0.4) is 0 Å². The van der Waals surface area contributed by atoms with Crippen LogP contribution < -0.4 is 5.32 Å². The minimum atomic E-state index is -0.651. The molecule has 138 valence electrons. The van der Waals surface area contributed by atoms with Crippen molar-refractivity contribution in [2.75, 3.05) is 40.9 Å². The highest BCUT2D eigenvalue weighted by molar-refractivity contribution is 7.21. The number of rotatable bonds is 2. The first-order chi connectivity index (χ1) is 12.3. The highest BCUT2D eigenvalue weighted by atomic mass is 32.1. The van der Waals surface area contributed by atoms with Crippen LogP contribution >= 0.6 is 11.3 Å². The van der Waals surface area contributed by atoms with E-state index in [1.54, 1.807) is 19.0 Å². The molecule has 7 nitrogen and oxygen atoms in total. The molecule has 0 aliphatic carbocycles. The average molecular weight is 374 g/mol. The number of nitrogens with one attached hydrogen (secondary N) is 1. The molecular weight excluding hydrogens is 352 g/mol. The standard InChI is InChI=1S/C18H22N4O3S/c1-20(2)15(23)13-11-6-4-5-7-12(11)26-14(13)16(24)22-8-18(9-22)17(25)19-10-21(18)3/h4-7,17,19,25H,8-10H2,1-3H3. The van der Waals surface area contributed by atoms with E-state index in [0.29, 0.717) is 30.2 Å². The molecule has 2 fully saturated rings. The smallest absolute Gasteiger partial charge is 0.264 e. The zero-order chi connectivity index (χ0) is 18.6. The Bertz CT molecular complexity index is 876. The lowest BCUT2D eigenvalue weighted by atomic mass is 9.87. The lowest BCUT2D eigenvalue weighted by Gasteiger charge is -2.52. The third kappa shape index (κ3) is 2.37. The van der Waals surface area contributed by atoms with Crippen molar-refractivity contribution in [3.63, 3.8) is 0 Å². The summed E-state index contributed by atoms with van der Waals surface area (Å²) in [6, 6.07) is 7.60. The molecule has 2 aliphatic rings. The summed E-state index contributed by atoms with van der Waals surface area (Å²) >= 11 is 1.36. The predicted octanol–water partition coefficient (Wildman–Crippen LogP) is 0.609. The van der Waals surface area contributed by atoms with Gasteiger partial charge in [-0.1, -0.05) is 18.2 Å². The number of carbonyl (C=O) groups excluding carboxylic acids is 2. The first kappa shape index (κ1) is 17.4. The molecule has 0 bridgehead atoms. The Hall–Kier alpha value is -2.00. The van der Waals surface area contributed by atoms with Crippen molar-refractivity contribution < 1.29 is 14.7 Å². The van der Waals surface area contributed by atoms with Gasteiger partial charge in [-0.25, -0.2) is 0 Å². The molecule has 3 heterocycles. The molecule has 1 aromatic carbocycles. The Balaban J connectivity index is 1.68. The molecule has 1 spiro atoms. The quantitative estimate of drug-likeness (QED) is 0.806. The first-order valence-electron chi connectivity index (χ1n) is 8.50. The second kappa shape index (κ2) is 6.02.